The highest BCUT2D eigenvalue weighted by molar-refractivity contribution is 5.90. The third-order valence-corrected chi connectivity index (χ3v) is 7.23. The minimum absolute atomic E-state index is 0.0445. The van der Waals surface area contributed by atoms with Gasteiger partial charge >= 0.3 is 0 Å². The van der Waals surface area contributed by atoms with Crippen molar-refractivity contribution < 1.29 is 14.6 Å². The van der Waals surface area contributed by atoms with E-state index in [4.69, 9.17) is 4.74 Å². The molecule has 0 radical (unpaired) electrons. The Labute approximate surface area is 238 Å². The zero-order valence-electron chi connectivity index (χ0n) is 22.7. The molecule has 9 heteroatoms. The molecule has 1 aliphatic rings. The Morgan fingerprint density at radius 2 is 1.68 bits per heavy atom. The van der Waals surface area contributed by atoms with E-state index in [-0.39, 0.29) is 18.1 Å². The van der Waals surface area contributed by atoms with Crippen LogP contribution in [0.1, 0.15) is 11.1 Å². The lowest BCUT2D eigenvalue weighted by molar-refractivity contribution is -0.120. The van der Waals surface area contributed by atoms with Gasteiger partial charge in [0.2, 0.25) is 5.91 Å². The molecular formula is C32H32N6O3. The molecule has 0 bridgehead atoms. The summed E-state index contributed by atoms with van der Waals surface area (Å²) < 4.78 is 7.42. The minimum Gasteiger partial charge on any atom is -0.508 e. The largest absolute Gasteiger partial charge is 0.508 e. The maximum atomic E-state index is 12.8. The van der Waals surface area contributed by atoms with Crippen molar-refractivity contribution in [3.05, 3.63) is 102 Å². The number of para-hydroxylation sites is 1. The van der Waals surface area contributed by atoms with E-state index in [2.05, 4.69) is 37.9 Å². The van der Waals surface area contributed by atoms with Crippen LogP contribution in [0.5, 0.6) is 5.75 Å². The number of ether oxygens (including phenoxy) is 1. The molecule has 0 atom stereocenters. The Hall–Kier alpha value is -4.89. The highest BCUT2D eigenvalue weighted by Crippen LogP contribution is 2.26. The van der Waals surface area contributed by atoms with Crippen molar-refractivity contribution in [2.24, 2.45) is 0 Å². The number of anilines is 3. The van der Waals surface area contributed by atoms with E-state index in [1.165, 1.54) is 5.69 Å². The maximum absolute atomic E-state index is 12.8. The van der Waals surface area contributed by atoms with Crippen LogP contribution in [0.3, 0.4) is 0 Å². The van der Waals surface area contributed by atoms with Gasteiger partial charge in [-0.25, -0.2) is 0 Å². The van der Waals surface area contributed by atoms with Gasteiger partial charge in [-0.3, -0.25) is 9.36 Å². The molecule has 1 fully saturated rings. The number of benzene rings is 3. The van der Waals surface area contributed by atoms with Crippen LogP contribution >= 0.6 is 0 Å². The Balaban J connectivity index is 1.11. The van der Waals surface area contributed by atoms with Crippen LogP contribution in [0.2, 0.25) is 0 Å². The van der Waals surface area contributed by atoms with Crippen molar-refractivity contribution in [1.29, 1.82) is 0 Å². The molecule has 6 rings (SSSR count). The number of nitrogens with one attached hydrogen (secondary N) is 2. The van der Waals surface area contributed by atoms with Crippen LogP contribution < -0.4 is 15.5 Å². The number of rotatable bonds is 9. The Morgan fingerprint density at radius 1 is 0.902 bits per heavy atom. The number of hydrogen-bond donors (Lipinski definition) is 3. The van der Waals surface area contributed by atoms with E-state index in [0.717, 1.165) is 54.0 Å². The first kappa shape index (κ1) is 26.3. The molecule has 0 spiro atoms. The first-order valence-corrected chi connectivity index (χ1v) is 13.8. The summed E-state index contributed by atoms with van der Waals surface area (Å²) in [6, 6.07) is 27.1. The molecule has 3 aromatic carbocycles. The summed E-state index contributed by atoms with van der Waals surface area (Å²) in [6.07, 6.45) is 2.92. The molecule has 208 valence electrons. The highest BCUT2D eigenvalue weighted by Gasteiger charge is 2.14. The molecule has 3 N–H and O–H groups in total. The van der Waals surface area contributed by atoms with Crippen LogP contribution in [0.4, 0.5) is 17.2 Å². The van der Waals surface area contributed by atoms with E-state index in [1.807, 2.05) is 71.4 Å². The van der Waals surface area contributed by atoms with Gasteiger partial charge in [-0.05, 0) is 72.1 Å². The third kappa shape index (κ3) is 6.31. The molecule has 0 aliphatic carbocycles. The lowest BCUT2D eigenvalue weighted by Crippen LogP contribution is -2.36. The fraction of sp³-hybridized carbons (Fsp3) is 0.219. The predicted molar refractivity (Wildman–Crippen MR) is 160 cm³/mol. The van der Waals surface area contributed by atoms with E-state index in [9.17, 15) is 9.90 Å². The SMILES string of the molecule is O=C(Cc1cn(-c2ccc(Nc3ccc(N4CCOCC4)cc3)nn2)c2ccccc12)NCCc1ccc(O)cc1. The molecule has 9 nitrogen and oxygen atoms in total. The average molecular weight is 549 g/mol. The summed E-state index contributed by atoms with van der Waals surface area (Å²) in [6.45, 7) is 3.85. The number of morpholine rings is 1. The topological polar surface area (TPSA) is 105 Å². The Kier molecular flexibility index (Phi) is 7.77. The normalized spacial score (nSPS) is 13.3. The van der Waals surface area contributed by atoms with Crippen molar-refractivity contribution >= 4 is 34.0 Å². The number of amides is 1. The van der Waals surface area contributed by atoms with Gasteiger partial charge in [0.05, 0.1) is 25.2 Å². The quantitative estimate of drug-likeness (QED) is 0.247. The Bertz CT molecular complexity index is 1610. The summed E-state index contributed by atoms with van der Waals surface area (Å²) >= 11 is 0. The van der Waals surface area contributed by atoms with E-state index in [1.54, 1.807) is 12.1 Å². The number of carbonyl (C=O) groups is 1. The zero-order valence-corrected chi connectivity index (χ0v) is 22.7. The molecular weight excluding hydrogens is 516 g/mol. The van der Waals surface area contributed by atoms with Crippen LogP contribution in [0, 0.1) is 0 Å². The molecule has 1 saturated heterocycles. The number of phenolic OH excluding ortho intramolecular Hbond substituents is 1. The summed E-state index contributed by atoms with van der Waals surface area (Å²) in [5, 5.41) is 25.7. The van der Waals surface area contributed by atoms with Crippen molar-refractivity contribution in [3.8, 4) is 11.6 Å². The van der Waals surface area contributed by atoms with Gasteiger partial charge in [0.15, 0.2) is 11.6 Å². The molecule has 1 amide bonds. The number of phenols is 1. The van der Waals surface area contributed by atoms with E-state index in [0.29, 0.717) is 24.6 Å². The molecule has 3 heterocycles. The van der Waals surface area contributed by atoms with Crippen LogP contribution in [-0.4, -0.2) is 58.6 Å². The first-order chi connectivity index (χ1) is 20.1. The molecule has 5 aromatic rings. The van der Waals surface area contributed by atoms with Gasteiger partial charge in [-0.15, -0.1) is 10.2 Å². The number of aromatic nitrogens is 3. The summed E-state index contributed by atoms with van der Waals surface area (Å²) in [5.41, 5.74) is 5.07. The van der Waals surface area contributed by atoms with Gasteiger partial charge in [-0.2, -0.15) is 0 Å². The maximum Gasteiger partial charge on any atom is 0.224 e. The standard InChI is InChI=1S/C32H32N6O3/c39-27-11-5-23(6-12-27)15-16-33-32(40)21-24-22-38(29-4-2-1-3-28(24)29)31-14-13-30(35-36-31)34-25-7-9-26(10-8-25)37-17-19-41-20-18-37/h1-14,22,39H,15-21H2,(H,33,40)(H,34,35). The average Bonchev–Trinajstić information content (AvgIpc) is 3.37. The van der Waals surface area contributed by atoms with Gasteiger partial charge in [0, 0.05) is 42.6 Å². The summed E-state index contributed by atoms with van der Waals surface area (Å²) in [7, 11) is 0. The second kappa shape index (κ2) is 12.1. The molecule has 0 unspecified atom stereocenters. The van der Waals surface area contributed by atoms with Crippen molar-refractivity contribution in [3.63, 3.8) is 0 Å². The number of fused-ring (bicyclic) bond motifs is 1. The van der Waals surface area contributed by atoms with Gasteiger partial charge < -0.3 is 25.4 Å². The van der Waals surface area contributed by atoms with Crippen LogP contribution in [0.15, 0.2) is 91.1 Å². The third-order valence-electron chi connectivity index (χ3n) is 7.23. The highest BCUT2D eigenvalue weighted by atomic mass is 16.5. The lowest BCUT2D eigenvalue weighted by atomic mass is 10.1. The summed E-state index contributed by atoms with van der Waals surface area (Å²) in [5.74, 6) is 1.52. The Morgan fingerprint density at radius 3 is 2.44 bits per heavy atom. The second-order valence-corrected chi connectivity index (χ2v) is 10.0. The van der Waals surface area contributed by atoms with Crippen LogP contribution in [-0.2, 0) is 22.4 Å². The summed E-state index contributed by atoms with van der Waals surface area (Å²) in [4.78, 5) is 15.1. The van der Waals surface area contributed by atoms with Crippen LogP contribution in [0.25, 0.3) is 16.7 Å². The van der Waals surface area contributed by atoms with Crippen molar-refractivity contribution in [1.82, 2.24) is 20.1 Å². The molecule has 2 aromatic heterocycles. The number of hydrogen-bond acceptors (Lipinski definition) is 7. The fourth-order valence-corrected chi connectivity index (χ4v) is 5.07. The van der Waals surface area contributed by atoms with E-state index >= 15 is 0 Å². The lowest BCUT2D eigenvalue weighted by Gasteiger charge is -2.28. The number of carbonyl (C=O) groups excluding carboxylic acids is 1. The predicted octanol–water partition coefficient (Wildman–Crippen LogP) is 4.61. The minimum atomic E-state index is -0.0445. The van der Waals surface area contributed by atoms with Gasteiger partial charge in [0.1, 0.15) is 5.75 Å². The number of aromatic hydroxyl groups is 1. The van der Waals surface area contributed by atoms with Gasteiger partial charge in [-0.1, -0.05) is 30.3 Å². The first-order valence-electron chi connectivity index (χ1n) is 13.8. The van der Waals surface area contributed by atoms with Crippen molar-refractivity contribution in [2.45, 2.75) is 12.8 Å². The smallest absolute Gasteiger partial charge is 0.224 e. The van der Waals surface area contributed by atoms with Gasteiger partial charge in [0.25, 0.3) is 0 Å². The number of nitrogens with zero attached hydrogens (tertiary/aromatic N) is 4. The van der Waals surface area contributed by atoms with E-state index < -0.39 is 0 Å². The van der Waals surface area contributed by atoms with Crippen molar-refractivity contribution in [2.75, 3.05) is 43.1 Å². The molecule has 41 heavy (non-hydrogen) atoms. The zero-order chi connectivity index (χ0) is 28.0. The fourth-order valence-electron chi connectivity index (χ4n) is 5.07. The molecule has 0 saturated carbocycles. The molecule has 1 aliphatic heterocycles. The second-order valence-electron chi connectivity index (χ2n) is 10.0. The monoisotopic (exact) mass is 548 g/mol.